The van der Waals surface area contributed by atoms with E-state index in [2.05, 4.69) is 80.0 Å². The first kappa shape index (κ1) is 15.4. The topological polar surface area (TPSA) is 37.8 Å². The minimum Gasteiger partial charge on any atom is -0.372 e. The summed E-state index contributed by atoms with van der Waals surface area (Å²) in [5.41, 5.74) is 4.44. The Morgan fingerprint density at radius 1 is 1.05 bits per heavy atom. The van der Waals surface area contributed by atoms with Crippen LogP contribution in [-0.4, -0.2) is 17.0 Å². The Labute approximate surface area is 136 Å². The number of benzene rings is 1. The molecule has 0 unspecified atom stereocenters. The number of anilines is 1. The molecule has 0 aliphatic carbocycles. The van der Waals surface area contributed by atoms with Gasteiger partial charge in [0.1, 0.15) is 5.82 Å². The Morgan fingerprint density at radius 2 is 1.65 bits per heavy atom. The van der Waals surface area contributed by atoms with Gasteiger partial charge < -0.3 is 5.32 Å². The van der Waals surface area contributed by atoms with Crippen LogP contribution in [0.5, 0.6) is 0 Å². The van der Waals surface area contributed by atoms with Gasteiger partial charge in [0.25, 0.3) is 0 Å². The second-order valence-electron chi connectivity index (χ2n) is 4.68. The predicted molar refractivity (Wildman–Crippen MR) is 91.3 cm³/mol. The molecule has 5 heteroatoms. The molecule has 0 aliphatic rings. The summed E-state index contributed by atoms with van der Waals surface area (Å²) in [4.78, 5) is 9.27. The van der Waals surface area contributed by atoms with Crippen LogP contribution in [0.2, 0.25) is 0 Å². The molecule has 0 bridgehead atoms. The minimum atomic E-state index is 0.758. The summed E-state index contributed by atoms with van der Waals surface area (Å²) in [6, 6.07) is 4.22. The van der Waals surface area contributed by atoms with E-state index in [9.17, 15) is 0 Å². The number of hydrogen-bond donors (Lipinski definition) is 1. The van der Waals surface area contributed by atoms with Crippen LogP contribution in [-0.2, 0) is 6.42 Å². The van der Waals surface area contributed by atoms with E-state index in [0.29, 0.717) is 0 Å². The lowest BCUT2D eigenvalue weighted by atomic mass is 10.1. The van der Waals surface area contributed by atoms with Gasteiger partial charge in [-0.2, -0.15) is 0 Å². The van der Waals surface area contributed by atoms with Crippen molar-refractivity contribution in [3.05, 3.63) is 37.9 Å². The van der Waals surface area contributed by atoms with Crippen LogP contribution >= 0.6 is 31.9 Å². The quantitative estimate of drug-likeness (QED) is 0.799. The highest BCUT2D eigenvalue weighted by atomic mass is 79.9. The third-order valence-corrected chi connectivity index (χ3v) is 5.27. The lowest BCUT2D eigenvalue weighted by Crippen LogP contribution is -2.03. The molecule has 0 saturated heterocycles. The van der Waals surface area contributed by atoms with Crippen molar-refractivity contribution >= 4 is 37.7 Å². The number of nitrogens with one attached hydrogen (secondary N) is 1. The van der Waals surface area contributed by atoms with E-state index in [-0.39, 0.29) is 0 Å². The van der Waals surface area contributed by atoms with Crippen LogP contribution in [0.25, 0.3) is 11.4 Å². The SMILES string of the molecule is CCc1nc(-c2cc(C)c(Br)c(C)c2)nc(NC)c1Br. The largest absolute Gasteiger partial charge is 0.372 e. The second-order valence-corrected chi connectivity index (χ2v) is 6.27. The fraction of sp³-hybridized carbons (Fsp3) is 0.333. The Bertz CT molecular complexity index is 606. The summed E-state index contributed by atoms with van der Waals surface area (Å²) in [7, 11) is 1.87. The zero-order chi connectivity index (χ0) is 14.9. The van der Waals surface area contributed by atoms with Crippen molar-refractivity contribution in [1.29, 1.82) is 0 Å². The third kappa shape index (κ3) is 2.88. The van der Waals surface area contributed by atoms with Gasteiger partial charge in [-0.15, -0.1) is 0 Å². The predicted octanol–water partition coefficient (Wildman–Crippen LogP) is 4.89. The number of aryl methyl sites for hydroxylation is 3. The van der Waals surface area contributed by atoms with Crippen molar-refractivity contribution in [3.8, 4) is 11.4 Å². The Hall–Kier alpha value is -0.940. The maximum atomic E-state index is 4.67. The van der Waals surface area contributed by atoms with Crippen molar-refractivity contribution in [2.75, 3.05) is 12.4 Å². The molecular weight excluding hydrogens is 382 g/mol. The maximum Gasteiger partial charge on any atom is 0.161 e. The first-order valence-corrected chi connectivity index (χ1v) is 8.07. The summed E-state index contributed by atoms with van der Waals surface area (Å²) >= 11 is 7.15. The number of halogens is 2. The van der Waals surface area contributed by atoms with Gasteiger partial charge in [-0.3, -0.25) is 0 Å². The van der Waals surface area contributed by atoms with Crippen LogP contribution in [0.15, 0.2) is 21.1 Å². The molecule has 20 heavy (non-hydrogen) atoms. The van der Waals surface area contributed by atoms with E-state index in [4.69, 9.17) is 0 Å². The van der Waals surface area contributed by atoms with Crippen LogP contribution < -0.4 is 5.32 Å². The molecule has 0 aliphatic heterocycles. The Balaban J connectivity index is 2.63. The average Bonchev–Trinajstić information content (AvgIpc) is 2.44. The molecule has 0 fully saturated rings. The lowest BCUT2D eigenvalue weighted by Gasteiger charge is -2.12. The van der Waals surface area contributed by atoms with Gasteiger partial charge >= 0.3 is 0 Å². The molecule has 0 amide bonds. The van der Waals surface area contributed by atoms with Crippen molar-refractivity contribution < 1.29 is 0 Å². The standard InChI is InChI=1S/C15H17Br2N3/c1-5-11-13(17)15(18-4)20-14(19-11)10-6-8(2)12(16)9(3)7-10/h6-7H,5H2,1-4H3,(H,18,19,20). The molecule has 0 atom stereocenters. The van der Waals surface area contributed by atoms with Crippen LogP contribution in [0.3, 0.4) is 0 Å². The lowest BCUT2D eigenvalue weighted by molar-refractivity contribution is 0.990. The van der Waals surface area contributed by atoms with Crippen molar-refractivity contribution in [2.24, 2.45) is 0 Å². The van der Waals surface area contributed by atoms with E-state index < -0.39 is 0 Å². The van der Waals surface area contributed by atoms with E-state index >= 15 is 0 Å². The second kappa shape index (κ2) is 6.22. The molecule has 1 heterocycles. The molecule has 106 valence electrons. The van der Waals surface area contributed by atoms with Crippen molar-refractivity contribution in [2.45, 2.75) is 27.2 Å². The third-order valence-electron chi connectivity index (χ3n) is 3.19. The van der Waals surface area contributed by atoms with E-state index in [0.717, 1.165) is 38.3 Å². The van der Waals surface area contributed by atoms with Gasteiger partial charge in [-0.1, -0.05) is 22.9 Å². The highest BCUT2D eigenvalue weighted by Gasteiger charge is 2.13. The van der Waals surface area contributed by atoms with Crippen LogP contribution in [0.4, 0.5) is 5.82 Å². The van der Waals surface area contributed by atoms with Gasteiger partial charge in [0, 0.05) is 17.1 Å². The first-order chi connectivity index (χ1) is 9.47. The molecule has 2 rings (SSSR count). The monoisotopic (exact) mass is 397 g/mol. The summed E-state index contributed by atoms with van der Waals surface area (Å²) in [6.45, 7) is 6.26. The molecule has 1 N–H and O–H groups in total. The molecule has 0 saturated carbocycles. The Kier molecular flexibility index (Phi) is 4.81. The van der Waals surface area contributed by atoms with Gasteiger partial charge in [-0.25, -0.2) is 9.97 Å². The van der Waals surface area contributed by atoms with Crippen LogP contribution in [0.1, 0.15) is 23.7 Å². The van der Waals surface area contributed by atoms with Gasteiger partial charge in [0.15, 0.2) is 5.82 Å². The zero-order valence-electron chi connectivity index (χ0n) is 12.0. The van der Waals surface area contributed by atoms with Crippen molar-refractivity contribution in [3.63, 3.8) is 0 Å². The first-order valence-electron chi connectivity index (χ1n) is 6.49. The van der Waals surface area contributed by atoms with Gasteiger partial charge in [0.05, 0.1) is 10.2 Å². The molecular formula is C15H17Br2N3. The number of hydrogen-bond acceptors (Lipinski definition) is 3. The molecule has 1 aromatic heterocycles. The number of nitrogens with zero attached hydrogens (tertiary/aromatic N) is 2. The minimum absolute atomic E-state index is 0.758. The summed E-state index contributed by atoms with van der Waals surface area (Å²) in [5, 5.41) is 3.11. The molecule has 0 spiro atoms. The van der Waals surface area contributed by atoms with Gasteiger partial charge in [0.2, 0.25) is 0 Å². The molecule has 2 aromatic rings. The molecule has 0 radical (unpaired) electrons. The summed E-state index contributed by atoms with van der Waals surface area (Å²) in [6.07, 6.45) is 0.860. The Morgan fingerprint density at radius 3 is 2.15 bits per heavy atom. The zero-order valence-corrected chi connectivity index (χ0v) is 15.2. The van der Waals surface area contributed by atoms with E-state index in [1.165, 1.54) is 11.1 Å². The summed E-state index contributed by atoms with van der Waals surface area (Å²) < 4.78 is 2.08. The smallest absolute Gasteiger partial charge is 0.161 e. The normalized spacial score (nSPS) is 10.7. The highest BCUT2D eigenvalue weighted by molar-refractivity contribution is 9.11. The number of aromatic nitrogens is 2. The summed E-state index contributed by atoms with van der Waals surface area (Å²) in [5.74, 6) is 1.58. The molecule has 1 aromatic carbocycles. The fourth-order valence-corrected chi connectivity index (χ4v) is 2.98. The fourth-order valence-electron chi connectivity index (χ4n) is 2.10. The van der Waals surface area contributed by atoms with E-state index in [1.807, 2.05) is 7.05 Å². The average molecular weight is 399 g/mol. The maximum absolute atomic E-state index is 4.67. The number of rotatable bonds is 3. The van der Waals surface area contributed by atoms with Crippen LogP contribution in [0, 0.1) is 13.8 Å². The van der Waals surface area contributed by atoms with Gasteiger partial charge in [-0.05, 0) is 59.5 Å². The molecule has 3 nitrogen and oxygen atoms in total. The van der Waals surface area contributed by atoms with Crippen molar-refractivity contribution in [1.82, 2.24) is 9.97 Å². The highest BCUT2D eigenvalue weighted by Crippen LogP contribution is 2.30. The van der Waals surface area contributed by atoms with E-state index in [1.54, 1.807) is 0 Å².